The largest absolute Gasteiger partial charge is 0.463 e. The number of hydrogen-bond acceptors (Lipinski definition) is 5. The Labute approximate surface area is 178 Å². The molecule has 0 aliphatic carbocycles. The number of nitrogens with zero attached hydrogens (tertiary/aromatic N) is 4. The van der Waals surface area contributed by atoms with Gasteiger partial charge in [-0.05, 0) is 37.1 Å². The van der Waals surface area contributed by atoms with E-state index >= 15 is 4.39 Å². The van der Waals surface area contributed by atoms with Crippen molar-refractivity contribution in [3.8, 4) is 5.88 Å². The number of carbonyl (C=O) groups is 2. The van der Waals surface area contributed by atoms with Crippen molar-refractivity contribution in [3.63, 3.8) is 0 Å². The first-order chi connectivity index (χ1) is 14.9. The molecule has 0 saturated heterocycles. The number of anilines is 2. The van der Waals surface area contributed by atoms with Gasteiger partial charge in [-0.25, -0.2) is 4.39 Å². The normalized spacial score (nSPS) is 19.9. The maximum atomic E-state index is 15.3. The maximum absolute atomic E-state index is 15.3. The Bertz CT molecular complexity index is 1230. The summed E-state index contributed by atoms with van der Waals surface area (Å²) in [5.74, 6) is -1.42. The molecule has 0 radical (unpaired) electrons. The average Bonchev–Trinajstić information content (AvgIpc) is 3.06. The van der Waals surface area contributed by atoms with E-state index in [0.29, 0.717) is 5.56 Å². The monoisotopic (exact) mass is 418 g/mol. The molecule has 4 heterocycles. The highest BCUT2D eigenvalue weighted by Gasteiger charge is 2.42. The number of fused-ring (bicyclic) bond motifs is 2. The summed E-state index contributed by atoms with van der Waals surface area (Å²) in [6.45, 7) is 3.47. The molecule has 0 spiro atoms. The van der Waals surface area contributed by atoms with Crippen molar-refractivity contribution in [2.45, 2.75) is 26.0 Å². The number of carbonyl (C=O) groups excluding carboxylic acids is 2. The van der Waals surface area contributed by atoms with Gasteiger partial charge in [0.2, 0.25) is 5.88 Å². The topological polar surface area (TPSA) is 75.6 Å². The van der Waals surface area contributed by atoms with Gasteiger partial charge in [0.15, 0.2) is 17.7 Å². The van der Waals surface area contributed by atoms with Crippen molar-refractivity contribution < 1.29 is 18.7 Å². The second-order valence-electron chi connectivity index (χ2n) is 7.67. The van der Waals surface area contributed by atoms with Crippen LogP contribution < -0.4 is 14.5 Å². The van der Waals surface area contributed by atoms with Crippen LogP contribution in [0.3, 0.4) is 0 Å². The van der Waals surface area contributed by atoms with Crippen LogP contribution in [0.15, 0.2) is 48.7 Å². The Hall–Kier alpha value is -3.81. The van der Waals surface area contributed by atoms with E-state index in [1.807, 2.05) is 31.2 Å². The van der Waals surface area contributed by atoms with Crippen LogP contribution in [0.2, 0.25) is 0 Å². The third-order valence-electron chi connectivity index (χ3n) is 5.67. The van der Waals surface area contributed by atoms with Crippen molar-refractivity contribution in [1.82, 2.24) is 9.97 Å². The van der Waals surface area contributed by atoms with Crippen LogP contribution in [0.4, 0.5) is 15.9 Å². The van der Waals surface area contributed by atoms with E-state index in [2.05, 4.69) is 9.97 Å². The van der Waals surface area contributed by atoms with Crippen LogP contribution >= 0.6 is 0 Å². The molecular weight excluding hydrogens is 399 g/mol. The molecule has 2 aromatic heterocycles. The predicted octanol–water partition coefficient (Wildman–Crippen LogP) is 3.42. The molecular formula is C23H19FN4O3. The lowest BCUT2D eigenvalue weighted by Gasteiger charge is -2.31. The van der Waals surface area contributed by atoms with E-state index in [0.717, 1.165) is 16.8 Å². The molecule has 2 aliphatic rings. The highest BCUT2D eigenvalue weighted by molar-refractivity contribution is 6.11. The molecule has 0 fully saturated rings. The number of pyridine rings is 2. The summed E-state index contributed by atoms with van der Waals surface area (Å²) in [5.41, 5.74) is 3.03. The Kier molecular flexibility index (Phi) is 4.25. The number of amides is 2. The zero-order valence-electron chi connectivity index (χ0n) is 17.2. The van der Waals surface area contributed by atoms with Gasteiger partial charge in [-0.15, -0.1) is 0 Å². The molecule has 2 atom stereocenters. The summed E-state index contributed by atoms with van der Waals surface area (Å²) in [7, 11) is 1.54. The fraction of sp³-hybridized carbons (Fsp3) is 0.217. The minimum absolute atomic E-state index is 0.107. The van der Waals surface area contributed by atoms with Gasteiger partial charge in [-0.2, -0.15) is 4.98 Å². The lowest BCUT2D eigenvalue weighted by molar-refractivity contribution is -0.125. The summed E-state index contributed by atoms with van der Waals surface area (Å²) in [6, 6.07) is 11.5. The van der Waals surface area contributed by atoms with Crippen LogP contribution in [-0.4, -0.2) is 34.9 Å². The molecule has 3 aromatic rings. The molecule has 0 N–H and O–H groups in total. The zero-order chi connectivity index (χ0) is 21.9. The number of hydrogen-bond donors (Lipinski definition) is 0. The summed E-state index contributed by atoms with van der Waals surface area (Å²) in [6.07, 6.45) is 0.927. The van der Waals surface area contributed by atoms with Crippen molar-refractivity contribution in [3.05, 3.63) is 76.9 Å². The number of aryl methyl sites for hydroxylation is 1. The first-order valence-electron chi connectivity index (χ1n) is 9.86. The van der Waals surface area contributed by atoms with Gasteiger partial charge in [0, 0.05) is 30.6 Å². The van der Waals surface area contributed by atoms with E-state index in [9.17, 15) is 9.59 Å². The summed E-state index contributed by atoms with van der Waals surface area (Å²) in [5, 5.41) is 0. The van der Waals surface area contributed by atoms with E-state index in [1.54, 1.807) is 32.3 Å². The number of ether oxygens (including phenoxy) is 1. The van der Waals surface area contributed by atoms with E-state index in [4.69, 9.17) is 4.74 Å². The number of benzene rings is 1. The van der Waals surface area contributed by atoms with Gasteiger partial charge in [0.1, 0.15) is 5.69 Å². The molecule has 8 heteroatoms. The van der Waals surface area contributed by atoms with Crippen molar-refractivity contribution in [2.24, 2.45) is 0 Å². The molecule has 5 rings (SSSR count). The highest BCUT2D eigenvalue weighted by atomic mass is 19.1. The lowest BCUT2D eigenvalue weighted by atomic mass is 9.99. The van der Waals surface area contributed by atoms with Gasteiger partial charge in [-0.1, -0.05) is 24.3 Å². The fourth-order valence-electron chi connectivity index (χ4n) is 4.06. The minimum Gasteiger partial charge on any atom is -0.463 e. The third-order valence-corrected chi connectivity index (χ3v) is 5.67. The zero-order valence-corrected chi connectivity index (χ0v) is 17.2. The second kappa shape index (κ2) is 6.87. The molecule has 1 unspecified atom stereocenters. The fourth-order valence-corrected chi connectivity index (χ4v) is 4.06. The SMILES string of the molecule is Cc1ccc(C2c3ccccc3C(=O)N2c2nc3c(cc2F)N(C)C(=O)[C@@H](C)O3)cn1. The van der Waals surface area contributed by atoms with Crippen molar-refractivity contribution in [1.29, 1.82) is 0 Å². The number of likely N-dealkylation sites (N-methyl/N-ethyl adjacent to an activating group) is 1. The maximum Gasteiger partial charge on any atom is 0.267 e. The van der Waals surface area contributed by atoms with E-state index in [-0.39, 0.29) is 29.2 Å². The second-order valence-corrected chi connectivity index (χ2v) is 7.67. The number of rotatable bonds is 2. The number of halogens is 1. The molecule has 0 bridgehead atoms. The first kappa shape index (κ1) is 19.2. The molecule has 156 valence electrons. The van der Waals surface area contributed by atoms with Gasteiger partial charge < -0.3 is 9.64 Å². The van der Waals surface area contributed by atoms with E-state index < -0.39 is 18.0 Å². The van der Waals surface area contributed by atoms with Crippen LogP contribution in [0, 0.1) is 12.7 Å². The Morgan fingerprint density at radius 1 is 1.13 bits per heavy atom. The standard InChI is InChI=1S/C23H19FN4O3/c1-12-8-9-14(11-25-12)19-15-6-4-5-7-16(15)23(30)28(19)20-17(24)10-18-21(26-20)31-13(2)22(29)27(18)3/h4-11,13,19H,1-3H3/t13-,19?/m1/s1. The van der Waals surface area contributed by atoms with Gasteiger partial charge >= 0.3 is 0 Å². The lowest BCUT2D eigenvalue weighted by Crippen LogP contribution is -2.42. The Balaban J connectivity index is 1.68. The van der Waals surface area contributed by atoms with Gasteiger partial charge in [-0.3, -0.25) is 19.5 Å². The minimum atomic E-state index is -0.758. The van der Waals surface area contributed by atoms with Crippen molar-refractivity contribution in [2.75, 3.05) is 16.8 Å². The first-order valence-corrected chi connectivity index (χ1v) is 9.86. The Morgan fingerprint density at radius 3 is 2.65 bits per heavy atom. The molecule has 2 aliphatic heterocycles. The van der Waals surface area contributed by atoms with E-state index in [1.165, 1.54) is 15.9 Å². The molecule has 31 heavy (non-hydrogen) atoms. The molecule has 7 nitrogen and oxygen atoms in total. The van der Waals surface area contributed by atoms with Crippen LogP contribution in [0.5, 0.6) is 5.88 Å². The van der Waals surface area contributed by atoms with Crippen molar-refractivity contribution >= 4 is 23.3 Å². The highest BCUT2D eigenvalue weighted by Crippen LogP contribution is 2.44. The summed E-state index contributed by atoms with van der Waals surface area (Å²) >= 11 is 0. The Morgan fingerprint density at radius 2 is 1.90 bits per heavy atom. The predicted molar refractivity (Wildman–Crippen MR) is 112 cm³/mol. The quantitative estimate of drug-likeness (QED) is 0.638. The third kappa shape index (κ3) is 2.86. The summed E-state index contributed by atoms with van der Waals surface area (Å²) in [4.78, 5) is 36.9. The molecule has 0 saturated carbocycles. The average molecular weight is 418 g/mol. The van der Waals surface area contributed by atoms with Crippen LogP contribution in [0.25, 0.3) is 0 Å². The van der Waals surface area contributed by atoms with Crippen LogP contribution in [0.1, 0.15) is 40.1 Å². The number of aromatic nitrogens is 2. The van der Waals surface area contributed by atoms with Gasteiger partial charge in [0.25, 0.3) is 11.8 Å². The molecule has 1 aromatic carbocycles. The summed E-state index contributed by atoms with van der Waals surface area (Å²) < 4.78 is 20.9. The smallest absolute Gasteiger partial charge is 0.267 e. The van der Waals surface area contributed by atoms with Crippen LogP contribution in [-0.2, 0) is 4.79 Å². The van der Waals surface area contributed by atoms with Gasteiger partial charge in [0.05, 0.1) is 6.04 Å². The molecule has 2 amide bonds.